The number of aromatic nitrogens is 1. The number of amides is 1. The van der Waals surface area contributed by atoms with Crippen molar-refractivity contribution in [2.45, 2.75) is 57.2 Å². The summed E-state index contributed by atoms with van der Waals surface area (Å²) in [7, 11) is 0. The molecule has 1 aromatic heterocycles. The lowest BCUT2D eigenvalue weighted by Crippen LogP contribution is -2.47. The molecular formula is C26H35N3O3. The first-order valence-electron chi connectivity index (χ1n) is 12.6. The summed E-state index contributed by atoms with van der Waals surface area (Å²) in [5.41, 5.74) is 4.26. The van der Waals surface area contributed by atoms with Crippen LogP contribution in [0.15, 0.2) is 24.3 Å². The number of para-hydroxylation sites is 1. The highest BCUT2D eigenvalue weighted by Gasteiger charge is 2.45. The molecular weight excluding hydrogens is 402 g/mol. The number of nitrogens with zero attached hydrogens (tertiary/aromatic N) is 2. The second kappa shape index (κ2) is 8.81. The predicted octanol–water partition coefficient (Wildman–Crippen LogP) is 3.80. The summed E-state index contributed by atoms with van der Waals surface area (Å²) in [4.78, 5) is 15.3. The van der Waals surface area contributed by atoms with Gasteiger partial charge in [0.1, 0.15) is 12.8 Å². The van der Waals surface area contributed by atoms with E-state index in [0.717, 1.165) is 51.9 Å². The van der Waals surface area contributed by atoms with Crippen molar-refractivity contribution in [3.63, 3.8) is 0 Å². The average molecular weight is 438 g/mol. The van der Waals surface area contributed by atoms with E-state index in [1.165, 1.54) is 48.1 Å². The van der Waals surface area contributed by atoms with Gasteiger partial charge in [0.25, 0.3) is 0 Å². The highest BCUT2D eigenvalue weighted by atomic mass is 16.5. The number of carbonyl (C=O) groups is 1. The smallest absolute Gasteiger partial charge is 0.246 e. The van der Waals surface area contributed by atoms with Crippen molar-refractivity contribution >= 4 is 16.8 Å². The number of hydrogen-bond acceptors (Lipinski definition) is 4. The maximum Gasteiger partial charge on any atom is 0.246 e. The molecule has 1 unspecified atom stereocenters. The number of rotatable bonds is 6. The normalized spacial score (nSPS) is 27.9. The van der Waals surface area contributed by atoms with Crippen molar-refractivity contribution in [2.24, 2.45) is 11.8 Å². The van der Waals surface area contributed by atoms with Gasteiger partial charge in [-0.25, -0.2) is 0 Å². The van der Waals surface area contributed by atoms with Gasteiger partial charge >= 0.3 is 0 Å². The molecule has 1 N–H and O–H groups in total. The van der Waals surface area contributed by atoms with Crippen molar-refractivity contribution < 1.29 is 14.3 Å². The zero-order valence-corrected chi connectivity index (χ0v) is 18.9. The Kier molecular flexibility index (Phi) is 5.70. The van der Waals surface area contributed by atoms with Gasteiger partial charge < -0.3 is 19.4 Å². The van der Waals surface area contributed by atoms with Gasteiger partial charge in [0.15, 0.2) is 0 Å². The number of hydrogen-bond donors (Lipinski definition) is 1. The van der Waals surface area contributed by atoms with E-state index in [4.69, 9.17) is 9.47 Å². The fourth-order valence-electron chi connectivity index (χ4n) is 6.73. The fourth-order valence-corrected chi connectivity index (χ4v) is 6.73. The van der Waals surface area contributed by atoms with Crippen LogP contribution in [0, 0.1) is 11.8 Å². The molecule has 6 nitrogen and oxygen atoms in total. The summed E-state index contributed by atoms with van der Waals surface area (Å²) in [5.74, 6) is 1.31. The van der Waals surface area contributed by atoms with Gasteiger partial charge in [-0.2, -0.15) is 0 Å². The zero-order valence-electron chi connectivity index (χ0n) is 18.9. The van der Waals surface area contributed by atoms with Crippen molar-refractivity contribution in [1.29, 1.82) is 0 Å². The third kappa shape index (κ3) is 3.66. The molecule has 1 aromatic carbocycles. The highest BCUT2D eigenvalue weighted by molar-refractivity contribution is 5.86. The topological polar surface area (TPSA) is 55.7 Å². The van der Waals surface area contributed by atoms with Gasteiger partial charge in [-0.15, -0.1) is 0 Å². The first-order chi connectivity index (χ1) is 15.8. The third-order valence-corrected chi connectivity index (χ3v) is 8.26. The van der Waals surface area contributed by atoms with E-state index in [1.54, 1.807) is 0 Å². The minimum atomic E-state index is -0.0517. The molecule has 4 aliphatic heterocycles. The quantitative estimate of drug-likeness (QED) is 0.747. The molecule has 6 rings (SSSR count). The molecule has 1 amide bonds. The van der Waals surface area contributed by atoms with Gasteiger partial charge in [0.2, 0.25) is 5.91 Å². The Balaban J connectivity index is 1.18. The third-order valence-electron chi connectivity index (χ3n) is 8.26. The van der Waals surface area contributed by atoms with Gasteiger partial charge in [0.05, 0.1) is 11.6 Å². The Labute approximate surface area is 190 Å². The first kappa shape index (κ1) is 20.7. The maximum absolute atomic E-state index is 12.6. The van der Waals surface area contributed by atoms with Crippen molar-refractivity contribution in [3.8, 4) is 0 Å². The van der Waals surface area contributed by atoms with Crippen LogP contribution < -0.4 is 5.32 Å². The van der Waals surface area contributed by atoms with E-state index in [1.807, 2.05) is 0 Å². The molecule has 3 atom stereocenters. The Bertz CT molecular complexity index is 980. The first-order valence-corrected chi connectivity index (χ1v) is 12.6. The van der Waals surface area contributed by atoms with Crippen LogP contribution in [0.3, 0.4) is 0 Å². The predicted molar refractivity (Wildman–Crippen MR) is 123 cm³/mol. The van der Waals surface area contributed by atoms with E-state index in [0.29, 0.717) is 17.9 Å². The van der Waals surface area contributed by atoms with Gasteiger partial charge in [-0.3, -0.25) is 9.69 Å². The standard InChI is InChI=1S/C26H35N3O3/c30-23(27-11-7-18-9-14-31-15-10-18)17-32-24-16-19-4-3-12-28-13-8-21-20-5-1-2-6-22(20)29(24)26(21)25(19)28/h1-2,5-6,18-19,24-25H,3-4,7-17H2,(H,27,30)/t19-,24?,25+/m0/s1. The summed E-state index contributed by atoms with van der Waals surface area (Å²) in [5, 5.41) is 4.47. The molecule has 5 heterocycles. The Hall–Kier alpha value is -1.89. The molecule has 0 spiro atoms. The van der Waals surface area contributed by atoms with Crippen LogP contribution >= 0.6 is 0 Å². The molecule has 0 saturated carbocycles. The molecule has 2 fully saturated rings. The van der Waals surface area contributed by atoms with E-state index < -0.39 is 0 Å². The molecule has 0 bridgehead atoms. The molecule has 2 saturated heterocycles. The minimum Gasteiger partial charge on any atom is -0.381 e. The van der Waals surface area contributed by atoms with Crippen LogP contribution in [0.25, 0.3) is 10.9 Å². The number of benzene rings is 1. The molecule has 6 heteroatoms. The molecule has 0 radical (unpaired) electrons. The van der Waals surface area contributed by atoms with E-state index in [9.17, 15) is 4.79 Å². The number of carbonyl (C=O) groups excluding carboxylic acids is 1. The monoisotopic (exact) mass is 437 g/mol. The van der Waals surface area contributed by atoms with Crippen LogP contribution in [-0.2, 0) is 20.7 Å². The summed E-state index contributed by atoms with van der Waals surface area (Å²) in [6.07, 6.45) is 7.86. The lowest BCUT2D eigenvalue weighted by Gasteiger charge is -2.49. The van der Waals surface area contributed by atoms with E-state index in [2.05, 4.69) is 39.0 Å². The van der Waals surface area contributed by atoms with Gasteiger partial charge in [-0.05, 0) is 75.0 Å². The van der Waals surface area contributed by atoms with Crippen LogP contribution in [0.4, 0.5) is 0 Å². The molecule has 172 valence electrons. The minimum absolute atomic E-state index is 0.00906. The lowest BCUT2D eigenvalue weighted by molar-refractivity contribution is -0.132. The largest absolute Gasteiger partial charge is 0.381 e. The number of ether oxygens (including phenoxy) is 2. The Morgan fingerprint density at radius 1 is 1.16 bits per heavy atom. The molecule has 4 aliphatic rings. The molecule has 32 heavy (non-hydrogen) atoms. The van der Waals surface area contributed by atoms with Gasteiger partial charge in [-0.1, -0.05) is 18.2 Å². The zero-order chi connectivity index (χ0) is 21.5. The van der Waals surface area contributed by atoms with Crippen LogP contribution in [0.1, 0.15) is 62.1 Å². The van der Waals surface area contributed by atoms with Crippen LogP contribution in [0.5, 0.6) is 0 Å². The number of fused-ring (bicyclic) bond motifs is 3. The summed E-state index contributed by atoms with van der Waals surface area (Å²) in [6.45, 7) is 4.97. The second-order valence-electron chi connectivity index (χ2n) is 10.1. The van der Waals surface area contributed by atoms with Crippen molar-refractivity contribution in [3.05, 3.63) is 35.5 Å². The van der Waals surface area contributed by atoms with Crippen molar-refractivity contribution in [2.75, 3.05) is 39.5 Å². The maximum atomic E-state index is 12.6. The number of nitrogens with one attached hydrogen (secondary N) is 1. The fraction of sp³-hybridized carbons (Fsp3) is 0.654. The Morgan fingerprint density at radius 2 is 2.03 bits per heavy atom. The second-order valence-corrected chi connectivity index (χ2v) is 10.1. The Morgan fingerprint density at radius 3 is 2.94 bits per heavy atom. The number of piperidine rings is 1. The van der Waals surface area contributed by atoms with E-state index in [-0.39, 0.29) is 18.7 Å². The highest BCUT2D eigenvalue weighted by Crippen LogP contribution is 2.51. The molecule has 0 aliphatic carbocycles. The summed E-state index contributed by atoms with van der Waals surface area (Å²) >= 11 is 0. The molecule has 2 aromatic rings. The van der Waals surface area contributed by atoms with Crippen LogP contribution in [-0.4, -0.2) is 54.8 Å². The van der Waals surface area contributed by atoms with Crippen molar-refractivity contribution in [1.82, 2.24) is 14.8 Å². The van der Waals surface area contributed by atoms with Gasteiger partial charge in [0, 0.05) is 37.4 Å². The summed E-state index contributed by atoms with van der Waals surface area (Å²) in [6, 6.07) is 9.29. The van der Waals surface area contributed by atoms with Crippen LogP contribution in [0.2, 0.25) is 0 Å². The van der Waals surface area contributed by atoms with E-state index >= 15 is 0 Å². The summed E-state index contributed by atoms with van der Waals surface area (Å²) < 4.78 is 14.2. The SMILES string of the molecule is O=C(COC1C[C@@H]2CCCN3CCc4c(n1c1ccccc41)[C@@H]23)NCCC1CCOCC1. The lowest BCUT2D eigenvalue weighted by atomic mass is 9.78. The average Bonchev–Trinajstić information content (AvgIpc) is 3.18.